The van der Waals surface area contributed by atoms with E-state index in [-0.39, 0.29) is 29.2 Å². The molecule has 2 aromatic rings. The second kappa shape index (κ2) is 5.10. The van der Waals surface area contributed by atoms with E-state index in [0.717, 1.165) is 4.57 Å². The third kappa shape index (κ3) is 2.82. The molecule has 0 unspecified atom stereocenters. The lowest BCUT2D eigenvalue weighted by atomic mass is 10.2. The zero-order valence-corrected chi connectivity index (χ0v) is 10.5. The number of halogens is 4. The molecule has 19 heavy (non-hydrogen) atoms. The van der Waals surface area contributed by atoms with Crippen molar-refractivity contribution >= 4 is 22.6 Å². The average molecular weight is 288 g/mol. The predicted octanol–water partition coefficient (Wildman–Crippen LogP) is 3.25. The van der Waals surface area contributed by atoms with E-state index < -0.39 is 12.7 Å². The summed E-state index contributed by atoms with van der Waals surface area (Å²) in [5, 5.41) is 8.95. The van der Waals surface area contributed by atoms with Crippen LogP contribution in [-0.4, -0.2) is 21.6 Å². The molecule has 3 nitrogen and oxygen atoms in total. The van der Waals surface area contributed by atoms with Gasteiger partial charge in [-0.1, -0.05) is 6.07 Å². The smallest absolute Gasteiger partial charge is 0.319 e. The van der Waals surface area contributed by atoms with Crippen molar-refractivity contribution in [2.24, 2.45) is 0 Å². The van der Waals surface area contributed by atoms with E-state index in [1.807, 2.05) is 6.07 Å². The standard InChI is InChI=1S/C12H9ClF3N3/c13-5-4-10-18-11-8(6-17)2-1-3-9(11)19(10)7-12(14,15)16/h1-3H,4-5,7H2. The van der Waals surface area contributed by atoms with E-state index in [2.05, 4.69) is 4.98 Å². The first-order chi connectivity index (χ1) is 8.96. The lowest BCUT2D eigenvalue weighted by Gasteiger charge is -2.11. The predicted molar refractivity (Wildman–Crippen MR) is 64.9 cm³/mol. The molecule has 0 aliphatic rings. The minimum Gasteiger partial charge on any atom is -0.319 e. The van der Waals surface area contributed by atoms with Crippen molar-refractivity contribution in [1.29, 1.82) is 5.26 Å². The van der Waals surface area contributed by atoms with Crippen LogP contribution in [0, 0.1) is 11.3 Å². The second-order valence-corrected chi connectivity index (χ2v) is 4.33. The number of fused-ring (bicyclic) bond motifs is 1. The molecule has 0 atom stereocenters. The maximum atomic E-state index is 12.6. The molecule has 0 N–H and O–H groups in total. The van der Waals surface area contributed by atoms with Gasteiger partial charge in [0.15, 0.2) is 0 Å². The molecule has 1 aromatic carbocycles. The number of benzene rings is 1. The van der Waals surface area contributed by atoms with E-state index >= 15 is 0 Å². The molecule has 1 aromatic heterocycles. The van der Waals surface area contributed by atoms with Crippen molar-refractivity contribution in [1.82, 2.24) is 9.55 Å². The summed E-state index contributed by atoms with van der Waals surface area (Å²) >= 11 is 5.58. The van der Waals surface area contributed by atoms with Crippen molar-refractivity contribution in [2.45, 2.75) is 19.1 Å². The Morgan fingerprint density at radius 2 is 2.11 bits per heavy atom. The number of nitriles is 1. The van der Waals surface area contributed by atoms with Gasteiger partial charge in [-0.2, -0.15) is 18.4 Å². The zero-order valence-electron chi connectivity index (χ0n) is 9.71. The van der Waals surface area contributed by atoms with Gasteiger partial charge in [-0.05, 0) is 12.1 Å². The van der Waals surface area contributed by atoms with Crippen molar-refractivity contribution < 1.29 is 13.2 Å². The van der Waals surface area contributed by atoms with E-state index in [1.54, 1.807) is 6.07 Å². The summed E-state index contributed by atoms with van der Waals surface area (Å²) in [6.45, 7) is -1.13. The zero-order chi connectivity index (χ0) is 14.0. The fourth-order valence-corrected chi connectivity index (χ4v) is 2.09. The molecule has 7 heteroatoms. The quantitative estimate of drug-likeness (QED) is 0.813. The van der Waals surface area contributed by atoms with Crippen LogP contribution in [-0.2, 0) is 13.0 Å². The number of hydrogen-bond acceptors (Lipinski definition) is 2. The largest absolute Gasteiger partial charge is 0.406 e. The van der Waals surface area contributed by atoms with Gasteiger partial charge >= 0.3 is 6.18 Å². The van der Waals surface area contributed by atoms with Crippen LogP contribution in [0.1, 0.15) is 11.4 Å². The average Bonchev–Trinajstić information content (AvgIpc) is 2.66. The monoisotopic (exact) mass is 287 g/mol. The molecule has 0 fully saturated rings. The van der Waals surface area contributed by atoms with Crippen molar-refractivity contribution in [3.63, 3.8) is 0 Å². The summed E-state index contributed by atoms with van der Waals surface area (Å²) in [6.07, 6.45) is -4.13. The Labute approximate surface area is 112 Å². The molecule has 0 aliphatic heterocycles. The maximum Gasteiger partial charge on any atom is 0.406 e. The Balaban J connectivity index is 2.64. The number of para-hydroxylation sites is 1. The summed E-state index contributed by atoms with van der Waals surface area (Å²) in [4.78, 5) is 4.11. The first kappa shape index (κ1) is 13.7. The van der Waals surface area contributed by atoms with Crippen molar-refractivity contribution in [3.05, 3.63) is 29.6 Å². The molecular formula is C12H9ClF3N3. The summed E-state index contributed by atoms with van der Waals surface area (Å²) < 4.78 is 38.9. The van der Waals surface area contributed by atoms with E-state index in [4.69, 9.17) is 16.9 Å². The van der Waals surface area contributed by atoms with Gasteiger partial charge in [0, 0.05) is 12.3 Å². The second-order valence-electron chi connectivity index (χ2n) is 3.95. The molecular weight excluding hydrogens is 279 g/mol. The Morgan fingerprint density at radius 3 is 2.68 bits per heavy atom. The van der Waals surface area contributed by atoms with Crippen LogP contribution in [0.3, 0.4) is 0 Å². The summed E-state index contributed by atoms with van der Waals surface area (Å²) in [5.74, 6) is 0.410. The molecule has 2 rings (SSSR count). The maximum absolute atomic E-state index is 12.6. The van der Waals surface area contributed by atoms with Gasteiger partial charge < -0.3 is 4.57 Å². The van der Waals surface area contributed by atoms with Crippen LogP contribution in [0.2, 0.25) is 0 Å². The summed E-state index contributed by atoms with van der Waals surface area (Å²) in [5.41, 5.74) is 0.847. The Bertz CT molecular complexity index is 640. The minimum atomic E-state index is -4.35. The Kier molecular flexibility index (Phi) is 3.67. The molecule has 0 amide bonds. The third-order valence-electron chi connectivity index (χ3n) is 2.63. The number of alkyl halides is 4. The molecule has 1 heterocycles. The number of nitrogens with zero attached hydrogens (tertiary/aromatic N) is 3. The lowest BCUT2D eigenvalue weighted by molar-refractivity contribution is -0.140. The van der Waals surface area contributed by atoms with Gasteiger partial charge in [0.2, 0.25) is 0 Å². The first-order valence-electron chi connectivity index (χ1n) is 5.47. The highest BCUT2D eigenvalue weighted by molar-refractivity contribution is 6.17. The number of rotatable bonds is 3. The summed E-state index contributed by atoms with van der Waals surface area (Å²) in [7, 11) is 0. The van der Waals surface area contributed by atoms with Crippen LogP contribution in [0.15, 0.2) is 18.2 Å². The SMILES string of the molecule is N#Cc1cccc2c1nc(CCCl)n2CC(F)(F)F. The molecule has 0 saturated heterocycles. The van der Waals surface area contributed by atoms with Crippen LogP contribution in [0.5, 0.6) is 0 Å². The lowest BCUT2D eigenvalue weighted by Crippen LogP contribution is -2.19. The van der Waals surface area contributed by atoms with Crippen molar-refractivity contribution in [2.75, 3.05) is 5.88 Å². The number of aryl methyl sites for hydroxylation is 1. The van der Waals surface area contributed by atoms with Crippen LogP contribution in [0.25, 0.3) is 11.0 Å². The number of hydrogen-bond donors (Lipinski definition) is 0. The van der Waals surface area contributed by atoms with Gasteiger partial charge in [0.05, 0.1) is 11.1 Å². The molecule has 100 valence electrons. The van der Waals surface area contributed by atoms with Crippen LogP contribution >= 0.6 is 11.6 Å². The van der Waals surface area contributed by atoms with Gasteiger partial charge in [0.25, 0.3) is 0 Å². The van der Waals surface area contributed by atoms with Gasteiger partial charge in [0.1, 0.15) is 24.0 Å². The highest BCUT2D eigenvalue weighted by atomic mass is 35.5. The first-order valence-corrected chi connectivity index (χ1v) is 6.00. The van der Waals surface area contributed by atoms with E-state index in [9.17, 15) is 13.2 Å². The fourth-order valence-electron chi connectivity index (χ4n) is 1.92. The van der Waals surface area contributed by atoms with E-state index in [1.165, 1.54) is 12.1 Å². The van der Waals surface area contributed by atoms with E-state index in [0.29, 0.717) is 5.52 Å². The normalized spacial score (nSPS) is 11.7. The number of imidazole rings is 1. The Hall–Kier alpha value is -1.74. The van der Waals surface area contributed by atoms with Crippen LogP contribution in [0.4, 0.5) is 13.2 Å². The summed E-state index contributed by atoms with van der Waals surface area (Å²) in [6, 6.07) is 6.51. The van der Waals surface area contributed by atoms with Crippen molar-refractivity contribution in [3.8, 4) is 6.07 Å². The highest BCUT2D eigenvalue weighted by Crippen LogP contribution is 2.25. The molecule has 0 saturated carbocycles. The topological polar surface area (TPSA) is 41.6 Å². The van der Waals surface area contributed by atoms with Crippen LogP contribution < -0.4 is 0 Å². The number of aromatic nitrogens is 2. The van der Waals surface area contributed by atoms with Gasteiger partial charge in [-0.15, -0.1) is 11.6 Å². The van der Waals surface area contributed by atoms with Gasteiger partial charge in [-0.25, -0.2) is 4.98 Å². The molecule has 0 spiro atoms. The Morgan fingerprint density at radius 1 is 1.37 bits per heavy atom. The van der Waals surface area contributed by atoms with Gasteiger partial charge in [-0.3, -0.25) is 0 Å². The third-order valence-corrected chi connectivity index (χ3v) is 2.82. The fraction of sp³-hybridized carbons (Fsp3) is 0.333. The minimum absolute atomic E-state index is 0.170. The molecule has 0 bridgehead atoms. The highest BCUT2D eigenvalue weighted by Gasteiger charge is 2.30. The molecule has 0 radical (unpaired) electrons. The molecule has 0 aliphatic carbocycles.